The quantitative estimate of drug-likeness (QED) is 0.641. The van der Waals surface area contributed by atoms with Gasteiger partial charge in [-0.15, -0.1) is 0 Å². The molecular formula is C22H23N. The van der Waals surface area contributed by atoms with Crippen LogP contribution < -0.4 is 5.32 Å². The van der Waals surface area contributed by atoms with Gasteiger partial charge in [0.1, 0.15) is 0 Å². The molecule has 0 aliphatic carbocycles. The molecule has 0 saturated carbocycles. The lowest BCUT2D eigenvalue weighted by Crippen LogP contribution is -2.14. The molecular weight excluding hydrogens is 278 g/mol. The highest BCUT2D eigenvalue weighted by atomic mass is 14.9. The summed E-state index contributed by atoms with van der Waals surface area (Å²) in [5.74, 6) is 0. The standard InChI is InChI=1S/C22H23N/c1-16-14-17(2)21(18(3)15-16)23-22(19-10-6-4-7-11-19)20-12-8-5-9-13-20/h4-15,22-23H,1-3H3. The van der Waals surface area contributed by atoms with Gasteiger partial charge in [0.05, 0.1) is 6.04 Å². The molecule has 0 fully saturated rings. The predicted molar refractivity (Wildman–Crippen MR) is 99.0 cm³/mol. The molecule has 0 aliphatic heterocycles. The Bertz CT molecular complexity index is 713. The van der Waals surface area contributed by atoms with Crippen LogP contribution in [0.5, 0.6) is 0 Å². The monoisotopic (exact) mass is 301 g/mol. The summed E-state index contributed by atoms with van der Waals surface area (Å²) >= 11 is 0. The molecule has 23 heavy (non-hydrogen) atoms. The second-order valence-electron chi connectivity index (χ2n) is 6.17. The van der Waals surface area contributed by atoms with Crippen LogP contribution in [0.25, 0.3) is 0 Å². The molecule has 0 aliphatic rings. The Morgan fingerprint density at radius 1 is 0.652 bits per heavy atom. The number of rotatable bonds is 4. The summed E-state index contributed by atoms with van der Waals surface area (Å²) in [5.41, 5.74) is 7.67. The Kier molecular flexibility index (Phi) is 4.47. The third-order valence-electron chi connectivity index (χ3n) is 4.23. The van der Waals surface area contributed by atoms with Gasteiger partial charge in [0.25, 0.3) is 0 Å². The molecule has 0 unspecified atom stereocenters. The second kappa shape index (κ2) is 6.70. The zero-order valence-corrected chi connectivity index (χ0v) is 14.0. The third-order valence-corrected chi connectivity index (χ3v) is 4.23. The Morgan fingerprint density at radius 2 is 1.09 bits per heavy atom. The van der Waals surface area contributed by atoms with E-state index in [4.69, 9.17) is 0 Å². The van der Waals surface area contributed by atoms with Crippen molar-refractivity contribution in [3.63, 3.8) is 0 Å². The molecule has 3 aromatic carbocycles. The Labute approximate surface area is 139 Å². The van der Waals surface area contributed by atoms with Crippen molar-refractivity contribution in [3.8, 4) is 0 Å². The van der Waals surface area contributed by atoms with Crippen LogP contribution in [0.15, 0.2) is 72.8 Å². The van der Waals surface area contributed by atoms with Gasteiger partial charge in [0.2, 0.25) is 0 Å². The highest BCUT2D eigenvalue weighted by Gasteiger charge is 2.15. The summed E-state index contributed by atoms with van der Waals surface area (Å²) in [6.45, 7) is 6.50. The van der Waals surface area contributed by atoms with E-state index in [-0.39, 0.29) is 6.04 Å². The van der Waals surface area contributed by atoms with Crippen LogP contribution in [-0.4, -0.2) is 0 Å². The van der Waals surface area contributed by atoms with E-state index in [2.05, 4.69) is 98.9 Å². The number of benzene rings is 3. The molecule has 3 aromatic rings. The van der Waals surface area contributed by atoms with Crippen molar-refractivity contribution in [2.45, 2.75) is 26.8 Å². The summed E-state index contributed by atoms with van der Waals surface area (Å²) in [7, 11) is 0. The van der Waals surface area contributed by atoms with E-state index in [0.717, 1.165) is 0 Å². The van der Waals surface area contributed by atoms with Crippen molar-refractivity contribution in [2.24, 2.45) is 0 Å². The lowest BCUT2D eigenvalue weighted by atomic mass is 9.96. The summed E-state index contributed by atoms with van der Waals surface area (Å²) < 4.78 is 0. The zero-order valence-electron chi connectivity index (χ0n) is 14.0. The minimum atomic E-state index is 0.150. The third kappa shape index (κ3) is 3.45. The lowest BCUT2D eigenvalue weighted by Gasteiger charge is -2.24. The van der Waals surface area contributed by atoms with Crippen LogP contribution in [0.4, 0.5) is 5.69 Å². The average Bonchev–Trinajstić information content (AvgIpc) is 2.56. The SMILES string of the molecule is Cc1cc(C)c(NC(c2ccccc2)c2ccccc2)c(C)c1. The highest BCUT2D eigenvalue weighted by Crippen LogP contribution is 2.30. The molecule has 0 saturated heterocycles. The van der Waals surface area contributed by atoms with Gasteiger partial charge in [-0.1, -0.05) is 78.4 Å². The largest absolute Gasteiger partial charge is 0.374 e. The van der Waals surface area contributed by atoms with Crippen LogP contribution in [-0.2, 0) is 0 Å². The van der Waals surface area contributed by atoms with E-state index >= 15 is 0 Å². The Hall–Kier alpha value is -2.54. The van der Waals surface area contributed by atoms with Crippen molar-refractivity contribution in [1.82, 2.24) is 0 Å². The van der Waals surface area contributed by atoms with E-state index in [1.54, 1.807) is 0 Å². The predicted octanol–water partition coefficient (Wildman–Crippen LogP) is 5.81. The fourth-order valence-electron chi connectivity index (χ4n) is 3.20. The van der Waals surface area contributed by atoms with Gasteiger partial charge in [0.15, 0.2) is 0 Å². The fourth-order valence-corrected chi connectivity index (χ4v) is 3.20. The van der Waals surface area contributed by atoms with Gasteiger partial charge >= 0.3 is 0 Å². The molecule has 0 spiro atoms. The number of hydrogen-bond donors (Lipinski definition) is 1. The molecule has 116 valence electrons. The number of hydrogen-bond acceptors (Lipinski definition) is 1. The Morgan fingerprint density at radius 3 is 1.52 bits per heavy atom. The maximum atomic E-state index is 3.78. The summed E-state index contributed by atoms with van der Waals surface area (Å²) in [4.78, 5) is 0. The van der Waals surface area contributed by atoms with Gasteiger partial charge < -0.3 is 5.32 Å². The van der Waals surface area contributed by atoms with Crippen molar-refractivity contribution < 1.29 is 0 Å². The first-order chi connectivity index (χ1) is 11.1. The molecule has 0 aromatic heterocycles. The molecule has 0 radical (unpaired) electrons. The van der Waals surface area contributed by atoms with E-state index in [0.29, 0.717) is 0 Å². The average molecular weight is 301 g/mol. The maximum absolute atomic E-state index is 3.78. The van der Waals surface area contributed by atoms with Gasteiger partial charge in [-0.25, -0.2) is 0 Å². The number of nitrogens with one attached hydrogen (secondary N) is 1. The first kappa shape index (κ1) is 15.4. The minimum absolute atomic E-state index is 0.150. The van der Waals surface area contributed by atoms with E-state index in [9.17, 15) is 0 Å². The van der Waals surface area contributed by atoms with Gasteiger partial charge in [-0.2, -0.15) is 0 Å². The topological polar surface area (TPSA) is 12.0 Å². The fraction of sp³-hybridized carbons (Fsp3) is 0.182. The van der Waals surface area contributed by atoms with Gasteiger partial charge in [0, 0.05) is 5.69 Å². The van der Waals surface area contributed by atoms with Crippen molar-refractivity contribution in [1.29, 1.82) is 0 Å². The van der Waals surface area contributed by atoms with Gasteiger partial charge in [-0.3, -0.25) is 0 Å². The molecule has 0 heterocycles. The van der Waals surface area contributed by atoms with Crippen LogP contribution in [0.2, 0.25) is 0 Å². The summed E-state index contributed by atoms with van der Waals surface area (Å²) in [5, 5.41) is 3.78. The first-order valence-electron chi connectivity index (χ1n) is 8.09. The van der Waals surface area contributed by atoms with Crippen LogP contribution in [0.3, 0.4) is 0 Å². The minimum Gasteiger partial charge on any atom is -0.374 e. The van der Waals surface area contributed by atoms with Crippen LogP contribution in [0.1, 0.15) is 33.9 Å². The molecule has 1 nitrogen and oxygen atoms in total. The maximum Gasteiger partial charge on any atom is 0.0767 e. The van der Waals surface area contributed by atoms with E-state index in [1.807, 2.05) is 0 Å². The molecule has 3 rings (SSSR count). The molecule has 0 atom stereocenters. The highest BCUT2D eigenvalue weighted by molar-refractivity contribution is 5.60. The van der Waals surface area contributed by atoms with E-state index < -0.39 is 0 Å². The summed E-state index contributed by atoms with van der Waals surface area (Å²) in [6.07, 6.45) is 0. The van der Waals surface area contributed by atoms with Gasteiger partial charge in [-0.05, 0) is 43.0 Å². The number of anilines is 1. The Balaban J connectivity index is 2.04. The van der Waals surface area contributed by atoms with Crippen LogP contribution in [0, 0.1) is 20.8 Å². The van der Waals surface area contributed by atoms with E-state index in [1.165, 1.54) is 33.5 Å². The molecule has 1 heteroatoms. The van der Waals surface area contributed by atoms with Crippen molar-refractivity contribution in [3.05, 3.63) is 101 Å². The molecule has 1 N–H and O–H groups in total. The van der Waals surface area contributed by atoms with Crippen LogP contribution >= 0.6 is 0 Å². The lowest BCUT2D eigenvalue weighted by molar-refractivity contribution is 0.933. The van der Waals surface area contributed by atoms with Crippen molar-refractivity contribution >= 4 is 5.69 Å². The number of aryl methyl sites for hydroxylation is 3. The first-order valence-corrected chi connectivity index (χ1v) is 8.09. The summed E-state index contributed by atoms with van der Waals surface area (Å²) in [6, 6.07) is 25.9. The van der Waals surface area contributed by atoms with Crippen molar-refractivity contribution in [2.75, 3.05) is 5.32 Å². The normalized spacial score (nSPS) is 10.8. The second-order valence-corrected chi connectivity index (χ2v) is 6.17. The molecule has 0 bridgehead atoms. The smallest absolute Gasteiger partial charge is 0.0767 e. The molecule has 0 amide bonds. The zero-order chi connectivity index (χ0) is 16.2.